The number of unbranched alkanes of at least 4 members (excludes halogenated alkanes) is 3. The molecule has 1 aromatic carbocycles. The summed E-state index contributed by atoms with van der Waals surface area (Å²) in [5, 5.41) is 14.3. The van der Waals surface area contributed by atoms with Crippen LogP contribution in [0.5, 0.6) is 0 Å². The summed E-state index contributed by atoms with van der Waals surface area (Å²) in [6.07, 6.45) is 8.36. The first kappa shape index (κ1) is 26.5. The molecule has 35 heavy (non-hydrogen) atoms. The molecule has 0 aliphatic rings. The second kappa shape index (κ2) is 12.6. The molecule has 0 amide bonds. The van der Waals surface area contributed by atoms with Crippen LogP contribution in [-0.4, -0.2) is 45.0 Å². The van der Waals surface area contributed by atoms with Gasteiger partial charge < -0.3 is 14.6 Å². The summed E-state index contributed by atoms with van der Waals surface area (Å²) in [5.41, 5.74) is 2.42. The van der Waals surface area contributed by atoms with Gasteiger partial charge in [-0.3, -0.25) is 4.98 Å². The molecule has 0 saturated carbocycles. The molecule has 8 nitrogen and oxygen atoms in total. The second-order valence-corrected chi connectivity index (χ2v) is 8.63. The number of aryl methyl sites for hydroxylation is 1. The topological polar surface area (TPSA) is 99.4 Å². The summed E-state index contributed by atoms with van der Waals surface area (Å²) in [4.78, 5) is 20.7. The number of aromatic carboxylic acids is 1. The van der Waals surface area contributed by atoms with E-state index in [0.29, 0.717) is 24.5 Å². The fourth-order valence-corrected chi connectivity index (χ4v) is 4.12. The van der Waals surface area contributed by atoms with Crippen LogP contribution in [0.3, 0.4) is 0 Å². The van der Waals surface area contributed by atoms with E-state index in [0.717, 1.165) is 55.5 Å². The summed E-state index contributed by atoms with van der Waals surface area (Å²) >= 11 is 0. The molecule has 2 aromatic heterocycles. The van der Waals surface area contributed by atoms with Gasteiger partial charge in [0.2, 0.25) is 11.6 Å². The molecule has 0 spiro atoms. The zero-order valence-electron chi connectivity index (χ0n) is 21.2. The predicted molar refractivity (Wildman–Crippen MR) is 134 cm³/mol. The molecule has 0 saturated heterocycles. The maximum atomic E-state index is 11.6. The molecule has 3 rings (SSSR count). The number of ether oxygens (including phenoxy) is 2. The van der Waals surface area contributed by atoms with Gasteiger partial charge in [0.25, 0.3) is 0 Å². The highest BCUT2D eigenvalue weighted by molar-refractivity contribution is 5.94. The summed E-state index contributed by atoms with van der Waals surface area (Å²) in [7, 11) is 3.27. The molecule has 188 valence electrons. The zero-order chi connectivity index (χ0) is 25.3. The van der Waals surface area contributed by atoms with E-state index in [4.69, 9.17) is 19.6 Å². The van der Waals surface area contributed by atoms with Crippen LogP contribution >= 0.6 is 0 Å². The van der Waals surface area contributed by atoms with Gasteiger partial charge in [0.1, 0.15) is 5.82 Å². The number of methoxy groups -OCH3 is 2. The van der Waals surface area contributed by atoms with E-state index in [2.05, 4.69) is 18.8 Å². The summed E-state index contributed by atoms with van der Waals surface area (Å²) < 4.78 is 13.5. The van der Waals surface area contributed by atoms with Crippen molar-refractivity contribution in [3.63, 3.8) is 0 Å². The Morgan fingerprint density at radius 3 is 2.37 bits per heavy atom. The van der Waals surface area contributed by atoms with Crippen LogP contribution in [0.4, 0.5) is 0 Å². The SMILES string of the molecule is CCCCCc1nc(C(CCCC)(OC)OC)nn1Cc1ccc(-c2ncccc2C(=O)O)cc1. The van der Waals surface area contributed by atoms with Crippen LogP contribution in [0.2, 0.25) is 0 Å². The quantitative estimate of drug-likeness (QED) is 0.242. The first-order chi connectivity index (χ1) is 17.0. The zero-order valence-corrected chi connectivity index (χ0v) is 21.2. The molecule has 0 fully saturated rings. The number of hydrogen-bond acceptors (Lipinski definition) is 6. The lowest BCUT2D eigenvalue weighted by atomic mass is 10.0. The lowest BCUT2D eigenvalue weighted by molar-refractivity contribution is -0.226. The Balaban J connectivity index is 1.90. The molecule has 3 aromatic rings. The van der Waals surface area contributed by atoms with Crippen LogP contribution in [-0.2, 0) is 28.2 Å². The molecular weight excluding hydrogens is 444 g/mol. The van der Waals surface area contributed by atoms with Crippen molar-refractivity contribution in [2.45, 2.75) is 71.1 Å². The number of hydrogen-bond donors (Lipinski definition) is 1. The predicted octanol–water partition coefficient (Wildman–Crippen LogP) is 5.46. The van der Waals surface area contributed by atoms with E-state index in [1.165, 1.54) is 0 Å². The fourth-order valence-electron chi connectivity index (χ4n) is 4.12. The molecule has 0 aliphatic carbocycles. The lowest BCUT2D eigenvalue weighted by Gasteiger charge is -2.27. The van der Waals surface area contributed by atoms with Crippen molar-refractivity contribution in [3.8, 4) is 11.3 Å². The smallest absolute Gasteiger partial charge is 0.337 e. The summed E-state index contributed by atoms with van der Waals surface area (Å²) in [5.74, 6) is -0.493. The molecule has 2 heterocycles. The van der Waals surface area contributed by atoms with E-state index in [9.17, 15) is 9.90 Å². The van der Waals surface area contributed by atoms with Crippen LogP contribution in [0.1, 0.15) is 79.9 Å². The van der Waals surface area contributed by atoms with E-state index < -0.39 is 11.8 Å². The normalized spacial score (nSPS) is 11.7. The van der Waals surface area contributed by atoms with Gasteiger partial charge >= 0.3 is 5.97 Å². The van der Waals surface area contributed by atoms with E-state index in [1.54, 1.807) is 32.5 Å². The molecule has 0 unspecified atom stereocenters. The molecular formula is C27H36N4O4. The van der Waals surface area contributed by atoms with Gasteiger partial charge in [-0.15, -0.1) is 5.10 Å². The Morgan fingerprint density at radius 1 is 1.03 bits per heavy atom. The lowest BCUT2D eigenvalue weighted by Crippen LogP contribution is -2.32. The van der Waals surface area contributed by atoms with Gasteiger partial charge in [0.05, 0.1) is 17.8 Å². The second-order valence-electron chi connectivity index (χ2n) is 8.63. The number of rotatable bonds is 14. The Kier molecular flexibility index (Phi) is 9.51. The molecule has 8 heteroatoms. The number of carbonyl (C=O) groups is 1. The van der Waals surface area contributed by atoms with Crippen LogP contribution in [0.15, 0.2) is 42.6 Å². The van der Waals surface area contributed by atoms with Gasteiger partial charge in [-0.05, 0) is 30.5 Å². The van der Waals surface area contributed by atoms with Gasteiger partial charge in [0, 0.05) is 38.8 Å². The third kappa shape index (κ3) is 6.32. The monoisotopic (exact) mass is 480 g/mol. The summed E-state index contributed by atoms with van der Waals surface area (Å²) in [6.45, 7) is 4.85. The Bertz CT molecular complexity index is 1090. The molecule has 0 atom stereocenters. The molecule has 0 bridgehead atoms. The number of carboxylic acid groups (broad SMARTS) is 1. The molecule has 1 N–H and O–H groups in total. The minimum Gasteiger partial charge on any atom is -0.478 e. The van der Waals surface area contributed by atoms with Crippen LogP contribution < -0.4 is 0 Å². The largest absolute Gasteiger partial charge is 0.478 e. The number of pyridine rings is 1. The maximum absolute atomic E-state index is 11.6. The van der Waals surface area contributed by atoms with E-state index in [1.807, 2.05) is 28.9 Å². The maximum Gasteiger partial charge on any atom is 0.337 e. The minimum atomic E-state index is -0.994. The highest BCUT2D eigenvalue weighted by Crippen LogP contribution is 2.30. The van der Waals surface area contributed by atoms with Gasteiger partial charge in [0.15, 0.2) is 0 Å². The van der Waals surface area contributed by atoms with Crippen molar-refractivity contribution in [1.82, 2.24) is 19.7 Å². The standard InChI is InChI=1S/C27H36N4O4/c1-5-7-9-12-23-29-26(27(34-3,35-4)17-8-6-2)30-31(23)19-20-13-15-21(16-14-20)24-22(25(32)33)11-10-18-28-24/h10-11,13-16,18H,5-9,12,17,19H2,1-4H3,(H,32,33). The van der Waals surface area contributed by atoms with Crippen molar-refractivity contribution in [3.05, 3.63) is 65.4 Å². The summed E-state index contributed by atoms with van der Waals surface area (Å²) in [6, 6.07) is 10.9. The van der Waals surface area contributed by atoms with E-state index >= 15 is 0 Å². The molecule has 0 radical (unpaired) electrons. The first-order valence-corrected chi connectivity index (χ1v) is 12.3. The number of benzene rings is 1. The Hall–Kier alpha value is -3.10. The molecule has 0 aliphatic heterocycles. The van der Waals surface area contributed by atoms with Crippen LogP contribution in [0, 0.1) is 0 Å². The van der Waals surface area contributed by atoms with Crippen molar-refractivity contribution in [1.29, 1.82) is 0 Å². The van der Waals surface area contributed by atoms with Crippen molar-refractivity contribution < 1.29 is 19.4 Å². The number of nitrogens with zero attached hydrogens (tertiary/aromatic N) is 4. The first-order valence-electron chi connectivity index (χ1n) is 12.3. The Labute approximate surface area is 207 Å². The fraction of sp³-hybridized carbons (Fsp3) is 0.481. The average molecular weight is 481 g/mol. The van der Waals surface area contributed by atoms with Gasteiger partial charge in [-0.25, -0.2) is 14.5 Å². The van der Waals surface area contributed by atoms with Gasteiger partial charge in [-0.2, -0.15) is 0 Å². The van der Waals surface area contributed by atoms with Crippen molar-refractivity contribution >= 4 is 5.97 Å². The highest BCUT2D eigenvalue weighted by Gasteiger charge is 2.37. The third-order valence-corrected chi connectivity index (χ3v) is 6.21. The van der Waals surface area contributed by atoms with Crippen molar-refractivity contribution in [2.75, 3.05) is 14.2 Å². The number of aromatic nitrogens is 4. The van der Waals surface area contributed by atoms with Crippen LogP contribution in [0.25, 0.3) is 11.3 Å². The highest BCUT2D eigenvalue weighted by atomic mass is 16.7. The van der Waals surface area contributed by atoms with E-state index in [-0.39, 0.29) is 5.56 Å². The Morgan fingerprint density at radius 2 is 1.74 bits per heavy atom. The van der Waals surface area contributed by atoms with Gasteiger partial charge in [-0.1, -0.05) is 57.4 Å². The third-order valence-electron chi connectivity index (χ3n) is 6.21. The minimum absolute atomic E-state index is 0.182. The number of carboxylic acids is 1. The van der Waals surface area contributed by atoms with Crippen molar-refractivity contribution in [2.24, 2.45) is 0 Å². The average Bonchev–Trinajstić information content (AvgIpc) is 3.28.